The lowest BCUT2D eigenvalue weighted by Gasteiger charge is -2.34. The van der Waals surface area contributed by atoms with E-state index in [9.17, 15) is 13.2 Å². The number of nitrogens with zero attached hydrogens (tertiary/aromatic N) is 2. The molecule has 10 heteroatoms. The summed E-state index contributed by atoms with van der Waals surface area (Å²) in [6.07, 6.45) is 1.42. The summed E-state index contributed by atoms with van der Waals surface area (Å²) in [6, 6.07) is 4.60. The quantitative estimate of drug-likeness (QED) is 0.673. The second-order valence-corrected chi connectivity index (χ2v) is 9.53. The normalized spacial score (nSPS) is 22.4. The highest BCUT2D eigenvalue weighted by Crippen LogP contribution is 2.30. The summed E-state index contributed by atoms with van der Waals surface area (Å²) >= 11 is 0. The number of carbonyl (C=O) groups excluding carboxylic acids is 1. The van der Waals surface area contributed by atoms with E-state index in [1.165, 1.54) is 17.5 Å². The number of carbonyl (C=O) groups is 1. The van der Waals surface area contributed by atoms with Gasteiger partial charge in [-0.3, -0.25) is 4.79 Å². The van der Waals surface area contributed by atoms with Gasteiger partial charge in [-0.2, -0.15) is 4.31 Å². The molecule has 3 fully saturated rings. The van der Waals surface area contributed by atoms with Crippen LogP contribution in [0.25, 0.3) is 0 Å². The molecule has 9 nitrogen and oxygen atoms in total. The van der Waals surface area contributed by atoms with Gasteiger partial charge in [0.25, 0.3) is 5.91 Å². The molecule has 0 aromatic heterocycles. The predicted octanol–water partition coefficient (Wildman–Crippen LogP) is 0.941. The highest BCUT2D eigenvalue weighted by molar-refractivity contribution is 7.89. The Kier molecular flexibility index (Phi) is 6.59. The maximum atomic E-state index is 13.1. The van der Waals surface area contributed by atoms with E-state index in [2.05, 4.69) is 0 Å². The van der Waals surface area contributed by atoms with Gasteiger partial charge in [0, 0.05) is 37.7 Å². The van der Waals surface area contributed by atoms with Crippen LogP contribution in [-0.4, -0.2) is 89.5 Å². The Labute approximate surface area is 176 Å². The molecule has 166 valence electrons. The lowest BCUT2D eigenvalue weighted by atomic mass is 9.95. The van der Waals surface area contributed by atoms with Crippen LogP contribution in [-0.2, 0) is 24.2 Å². The Hall–Kier alpha value is -1.72. The number of hydrogen-bond acceptors (Lipinski definition) is 7. The van der Waals surface area contributed by atoms with Crippen LogP contribution in [0.2, 0.25) is 0 Å². The van der Waals surface area contributed by atoms with Crippen molar-refractivity contribution in [2.45, 2.75) is 24.0 Å². The van der Waals surface area contributed by atoms with Crippen LogP contribution in [0.4, 0.5) is 0 Å². The fourth-order valence-electron chi connectivity index (χ4n) is 4.14. The van der Waals surface area contributed by atoms with Crippen LogP contribution in [0.1, 0.15) is 23.2 Å². The van der Waals surface area contributed by atoms with Gasteiger partial charge in [0.1, 0.15) is 10.6 Å². The Morgan fingerprint density at radius 3 is 2.33 bits per heavy atom. The van der Waals surface area contributed by atoms with Crippen molar-refractivity contribution < 1.29 is 32.2 Å². The van der Waals surface area contributed by atoms with Crippen LogP contribution in [0.3, 0.4) is 0 Å². The Morgan fingerprint density at radius 1 is 1.03 bits per heavy atom. The third-order valence-electron chi connectivity index (χ3n) is 5.86. The topological polar surface area (TPSA) is 94.6 Å². The molecule has 0 N–H and O–H groups in total. The largest absolute Gasteiger partial charge is 0.495 e. The van der Waals surface area contributed by atoms with Crippen LogP contribution in [0.15, 0.2) is 23.1 Å². The molecule has 0 atom stereocenters. The summed E-state index contributed by atoms with van der Waals surface area (Å²) in [7, 11) is -2.36. The third-order valence-corrected chi connectivity index (χ3v) is 7.78. The molecule has 0 aliphatic carbocycles. The number of piperidine rings is 1. The number of rotatable bonds is 5. The van der Waals surface area contributed by atoms with Crippen molar-refractivity contribution in [2.75, 3.05) is 59.7 Å². The van der Waals surface area contributed by atoms with Gasteiger partial charge in [-0.05, 0) is 31.0 Å². The number of hydrogen-bond donors (Lipinski definition) is 0. The molecule has 0 spiro atoms. The van der Waals surface area contributed by atoms with Gasteiger partial charge in [-0.15, -0.1) is 0 Å². The van der Waals surface area contributed by atoms with Crippen LogP contribution in [0, 0.1) is 5.92 Å². The first-order valence-electron chi connectivity index (χ1n) is 10.3. The minimum atomic E-state index is -3.79. The summed E-state index contributed by atoms with van der Waals surface area (Å²) in [6.45, 7) is 3.68. The number of amides is 1. The van der Waals surface area contributed by atoms with Gasteiger partial charge < -0.3 is 23.8 Å². The smallest absolute Gasteiger partial charge is 0.253 e. The minimum absolute atomic E-state index is 0.0143. The van der Waals surface area contributed by atoms with Gasteiger partial charge in [0.15, 0.2) is 6.29 Å². The standard InChI is InChI=1S/C20H28N2O7S/c1-26-17-3-2-16(14-18(17)30(24,25)22-8-10-27-11-9-22)19(23)21-6-4-15(5-7-21)20-28-12-13-29-20/h2-3,14-15,20H,4-13H2,1H3. The van der Waals surface area contributed by atoms with Crippen molar-refractivity contribution in [1.82, 2.24) is 9.21 Å². The molecule has 3 saturated heterocycles. The highest BCUT2D eigenvalue weighted by Gasteiger charge is 2.33. The fourth-order valence-corrected chi connectivity index (χ4v) is 5.73. The Morgan fingerprint density at radius 2 is 1.70 bits per heavy atom. The molecule has 1 aromatic carbocycles. The lowest BCUT2D eigenvalue weighted by molar-refractivity contribution is -0.0956. The Balaban J connectivity index is 1.50. The summed E-state index contributed by atoms with van der Waals surface area (Å²) in [5, 5.41) is 0. The van der Waals surface area contributed by atoms with Crippen LogP contribution in [0.5, 0.6) is 5.75 Å². The molecular weight excluding hydrogens is 412 g/mol. The van der Waals surface area contributed by atoms with Crippen molar-refractivity contribution >= 4 is 15.9 Å². The maximum Gasteiger partial charge on any atom is 0.253 e. The lowest BCUT2D eigenvalue weighted by Crippen LogP contribution is -2.42. The number of ether oxygens (including phenoxy) is 4. The van der Waals surface area contributed by atoms with Gasteiger partial charge >= 0.3 is 0 Å². The first kappa shape index (κ1) is 21.5. The monoisotopic (exact) mass is 440 g/mol. The summed E-state index contributed by atoms with van der Waals surface area (Å²) in [5.74, 6) is 0.333. The van der Waals surface area contributed by atoms with Crippen LogP contribution < -0.4 is 4.74 Å². The van der Waals surface area contributed by atoms with E-state index in [-0.39, 0.29) is 41.8 Å². The number of benzene rings is 1. The maximum absolute atomic E-state index is 13.1. The van der Waals surface area contributed by atoms with Crippen molar-refractivity contribution in [1.29, 1.82) is 0 Å². The second-order valence-electron chi connectivity index (χ2n) is 7.62. The SMILES string of the molecule is COc1ccc(C(=O)N2CCC(C3OCCO3)CC2)cc1S(=O)(=O)N1CCOCC1. The van der Waals surface area contributed by atoms with E-state index in [4.69, 9.17) is 18.9 Å². The molecule has 3 heterocycles. The van der Waals surface area contributed by atoms with Crippen molar-refractivity contribution in [2.24, 2.45) is 5.92 Å². The van der Waals surface area contributed by atoms with E-state index in [0.717, 1.165) is 12.8 Å². The zero-order valence-electron chi connectivity index (χ0n) is 17.1. The number of morpholine rings is 1. The molecule has 1 amide bonds. The van der Waals surface area contributed by atoms with E-state index < -0.39 is 10.0 Å². The number of sulfonamides is 1. The van der Waals surface area contributed by atoms with E-state index in [0.29, 0.717) is 45.1 Å². The highest BCUT2D eigenvalue weighted by atomic mass is 32.2. The van der Waals surface area contributed by atoms with Crippen molar-refractivity contribution in [3.8, 4) is 5.75 Å². The molecule has 4 rings (SSSR count). The third kappa shape index (κ3) is 4.33. The molecule has 0 bridgehead atoms. The second kappa shape index (κ2) is 9.19. The van der Waals surface area contributed by atoms with E-state index in [1.54, 1.807) is 17.0 Å². The van der Waals surface area contributed by atoms with Gasteiger partial charge in [-0.1, -0.05) is 0 Å². The van der Waals surface area contributed by atoms with Gasteiger partial charge in [0.2, 0.25) is 10.0 Å². The first-order valence-corrected chi connectivity index (χ1v) is 11.7. The predicted molar refractivity (Wildman–Crippen MR) is 107 cm³/mol. The van der Waals surface area contributed by atoms with E-state index >= 15 is 0 Å². The molecule has 0 unspecified atom stereocenters. The van der Waals surface area contributed by atoms with Gasteiger partial charge in [0.05, 0.1) is 33.5 Å². The van der Waals surface area contributed by atoms with Crippen molar-refractivity contribution in [3.05, 3.63) is 23.8 Å². The molecule has 3 aliphatic heterocycles. The average molecular weight is 441 g/mol. The molecule has 0 saturated carbocycles. The summed E-state index contributed by atoms with van der Waals surface area (Å²) < 4.78 is 49.4. The fraction of sp³-hybridized carbons (Fsp3) is 0.650. The Bertz CT molecular complexity index is 856. The van der Waals surface area contributed by atoms with Crippen LogP contribution >= 0.6 is 0 Å². The first-order chi connectivity index (χ1) is 14.5. The van der Waals surface area contributed by atoms with Crippen molar-refractivity contribution in [3.63, 3.8) is 0 Å². The van der Waals surface area contributed by atoms with Gasteiger partial charge in [-0.25, -0.2) is 8.42 Å². The minimum Gasteiger partial charge on any atom is -0.495 e. The molecule has 1 aromatic rings. The number of methoxy groups -OCH3 is 1. The number of likely N-dealkylation sites (tertiary alicyclic amines) is 1. The summed E-state index contributed by atoms with van der Waals surface area (Å²) in [5.41, 5.74) is 0.342. The molecule has 30 heavy (non-hydrogen) atoms. The molecule has 0 radical (unpaired) electrons. The summed E-state index contributed by atoms with van der Waals surface area (Å²) in [4.78, 5) is 14.9. The molecule has 3 aliphatic rings. The van der Waals surface area contributed by atoms with E-state index in [1.807, 2.05) is 0 Å². The average Bonchev–Trinajstić information content (AvgIpc) is 3.34. The zero-order chi connectivity index (χ0) is 21.1. The molecular formula is C20H28N2O7S. The zero-order valence-corrected chi connectivity index (χ0v) is 17.9.